The molecular formula is C35H43ClN2O6. The Morgan fingerprint density at radius 3 is 2.36 bits per heavy atom. The van der Waals surface area contributed by atoms with Gasteiger partial charge in [-0.1, -0.05) is 48.4 Å². The highest BCUT2D eigenvalue weighted by Crippen LogP contribution is 2.32. The number of anilines is 1. The fraction of sp³-hybridized carbons (Fsp3) is 0.429. The van der Waals surface area contributed by atoms with Crippen molar-refractivity contribution in [3.63, 3.8) is 0 Å². The van der Waals surface area contributed by atoms with E-state index in [1.807, 2.05) is 57.2 Å². The van der Waals surface area contributed by atoms with Gasteiger partial charge in [-0.05, 0) is 99.5 Å². The predicted octanol–water partition coefficient (Wildman–Crippen LogP) is 7.89. The van der Waals surface area contributed by atoms with Crippen molar-refractivity contribution < 1.29 is 28.9 Å². The van der Waals surface area contributed by atoms with Crippen molar-refractivity contribution in [2.24, 2.45) is 0 Å². The molecule has 1 saturated carbocycles. The van der Waals surface area contributed by atoms with Crippen LogP contribution >= 0.6 is 11.6 Å². The highest BCUT2D eigenvalue weighted by atomic mass is 35.5. The number of aliphatic hydroxyl groups excluding tert-OH is 1. The molecule has 9 heteroatoms. The molecule has 1 fully saturated rings. The highest BCUT2D eigenvalue weighted by molar-refractivity contribution is 6.30. The van der Waals surface area contributed by atoms with Gasteiger partial charge in [-0.2, -0.15) is 0 Å². The van der Waals surface area contributed by atoms with Gasteiger partial charge in [-0.25, -0.2) is 9.59 Å². The van der Waals surface area contributed by atoms with Crippen LogP contribution in [0.15, 0.2) is 66.7 Å². The number of nitrogens with one attached hydrogen (secondary N) is 1. The Balaban J connectivity index is 1.42. The van der Waals surface area contributed by atoms with E-state index in [4.69, 9.17) is 25.8 Å². The molecule has 0 saturated heterocycles. The first kappa shape index (κ1) is 33.1. The minimum absolute atomic E-state index is 0.0582. The van der Waals surface area contributed by atoms with Gasteiger partial charge < -0.3 is 29.5 Å². The molecular weight excluding hydrogens is 580 g/mol. The molecule has 1 amide bonds. The van der Waals surface area contributed by atoms with E-state index >= 15 is 0 Å². The van der Waals surface area contributed by atoms with Crippen molar-refractivity contribution in [3.05, 3.63) is 82.9 Å². The predicted molar refractivity (Wildman–Crippen MR) is 173 cm³/mol. The van der Waals surface area contributed by atoms with Crippen molar-refractivity contribution in [2.75, 3.05) is 32.1 Å². The Kier molecular flexibility index (Phi) is 11.5. The van der Waals surface area contributed by atoms with Gasteiger partial charge in [0.2, 0.25) is 0 Å². The summed E-state index contributed by atoms with van der Waals surface area (Å²) in [6.07, 6.45) is 4.12. The van der Waals surface area contributed by atoms with Crippen LogP contribution in [0.4, 0.5) is 10.5 Å². The molecule has 8 nitrogen and oxygen atoms in total. The van der Waals surface area contributed by atoms with Gasteiger partial charge in [-0.3, -0.25) is 0 Å². The summed E-state index contributed by atoms with van der Waals surface area (Å²) in [5, 5.41) is 14.7. The van der Waals surface area contributed by atoms with Gasteiger partial charge >= 0.3 is 12.1 Å². The van der Waals surface area contributed by atoms with E-state index in [0.29, 0.717) is 35.0 Å². The van der Waals surface area contributed by atoms with Crippen LogP contribution in [-0.2, 0) is 9.47 Å². The summed E-state index contributed by atoms with van der Waals surface area (Å²) < 4.78 is 16.9. The number of aliphatic hydroxyl groups is 1. The van der Waals surface area contributed by atoms with Crippen molar-refractivity contribution in [2.45, 2.75) is 70.7 Å². The van der Waals surface area contributed by atoms with E-state index in [1.165, 1.54) is 18.4 Å². The van der Waals surface area contributed by atoms with Gasteiger partial charge in [0.25, 0.3) is 0 Å². The lowest BCUT2D eigenvalue weighted by atomic mass is 9.97. The molecule has 0 aliphatic heterocycles. The molecule has 1 atom stereocenters. The number of amides is 1. The third kappa shape index (κ3) is 9.63. The van der Waals surface area contributed by atoms with Gasteiger partial charge in [0.1, 0.15) is 16.9 Å². The number of methoxy groups -OCH3 is 1. The van der Waals surface area contributed by atoms with E-state index in [1.54, 1.807) is 30.3 Å². The quantitative estimate of drug-likeness (QED) is 0.210. The maximum absolute atomic E-state index is 13.0. The smallest absolute Gasteiger partial charge is 0.410 e. The van der Waals surface area contributed by atoms with Crippen molar-refractivity contribution >= 4 is 29.4 Å². The Labute approximate surface area is 265 Å². The number of esters is 1. The topological polar surface area (TPSA) is 97.3 Å². The Morgan fingerprint density at radius 2 is 1.70 bits per heavy atom. The maximum Gasteiger partial charge on any atom is 0.410 e. The molecule has 0 spiro atoms. The first-order valence-electron chi connectivity index (χ1n) is 15.2. The van der Waals surface area contributed by atoms with Crippen LogP contribution in [0.2, 0.25) is 5.02 Å². The molecule has 1 aliphatic rings. The number of carbonyl (C=O) groups excluding carboxylic acids is 2. The molecule has 3 aromatic carbocycles. The molecule has 0 aromatic heterocycles. The second-order valence-corrected chi connectivity index (χ2v) is 12.5. The van der Waals surface area contributed by atoms with Gasteiger partial charge in [0.15, 0.2) is 0 Å². The summed E-state index contributed by atoms with van der Waals surface area (Å²) in [6, 6.07) is 20.4. The lowest BCUT2D eigenvalue weighted by Crippen LogP contribution is -2.41. The van der Waals surface area contributed by atoms with E-state index in [-0.39, 0.29) is 12.6 Å². The largest absolute Gasteiger partial charge is 0.490 e. The highest BCUT2D eigenvalue weighted by Gasteiger charge is 2.25. The second-order valence-electron chi connectivity index (χ2n) is 12.1. The summed E-state index contributed by atoms with van der Waals surface area (Å²) in [7, 11) is 1.38. The molecule has 1 aliphatic carbocycles. The Hall–Kier alpha value is -3.75. The zero-order chi connectivity index (χ0) is 31.7. The molecule has 2 N–H and O–H groups in total. The summed E-state index contributed by atoms with van der Waals surface area (Å²) in [5.74, 6) is 0.132. The van der Waals surface area contributed by atoms with Crippen molar-refractivity contribution in [1.82, 2.24) is 4.90 Å². The van der Waals surface area contributed by atoms with E-state index in [9.17, 15) is 14.7 Å². The second kappa shape index (κ2) is 15.3. The normalized spacial score (nSPS) is 14.4. The van der Waals surface area contributed by atoms with Gasteiger partial charge in [-0.15, -0.1) is 0 Å². The Bertz CT molecular complexity index is 1400. The summed E-state index contributed by atoms with van der Waals surface area (Å²) in [6.45, 7) is 6.24. The monoisotopic (exact) mass is 622 g/mol. The van der Waals surface area contributed by atoms with Crippen LogP contribution in [0, 0.1) is 0 Å². The summed E-state index contributed by atoms with van der Waals surface area (Å²) >= 11 is 6.10. The molecule has 44 heavy (non-hydrogen) atoms. The fourth-order valence-corrected chi connectivity index (χ4v) is 5.37. The SMILES string of the molecule is COC(=O)c1ccc(-c2ccc(NCCN(C[C@H](O)c3cccc(Cl)c3)C(=O)OC(C)(C)C)cc2)cc1OC1CCCCC1. The van der Waals surface area contributed by atoms with Crippen LogP contribution in [0.25, 0.3) is 11.1 Å². The number of rotatable bonds is 11. The van der Waals surface area contributed by atoms with E-state index in [2.05, 4.69) is 5.32 Å². The van der Waals surface area contributed by atoms with Gasteiger partial charge in [0, 0.05) is 23.8 Å². The lowest BCUT2D eigenvalue weighted by Gasteiger charge is -2.29. The summed E-state index contributed by atoms with van der Waals surface area (Å²) in [4.78, 5) is 26.9. The lowest BCUT2D eigenvalue weighted by molar-refractivity contribution is 0.0153. The van der Waals surface area contributed by atoms with Crippen molar-refractivity contribution in [3.8, 4) is 16.9 Å². The maximum atomic E-state index is 13.0. The number of hydrogen-bond acceptors (Lipinski definition) is 7. The minimum Gasteiger partial charge on any atom is -0.490 e. The number of nitrogens with zero attached hydrogens (tertiary/aromatic N) is 1. The minimum atomic E-state index is -0.918. The summed E-state index contributed by atoms with van der Waals surface area (Å²) in [5.41, 5.74) is 3.16. The third-order valence-corrected chi connectivity index (χ3v) is 7.68. The van der Waals surface area contributed by atoms with Crippen LogP contribution in [0.1, 0.15) is 74.9 Å². The average Bonchev–Trinajstić information content (AvgIpc) is 3.00. The molecule has 0 bridgehead atoms. The van der Waals surface area contributed by atoms with Crippen LogP contribution < -0.4 is 10.1 Å². The van der Waals surface area contributed by atoms with E-state index < -0.39 is 23.8 Å². The average molecular weight is 623 g/mol. The number of halogens is 1. The van der Waals surface area contributed by atoms with Crippen molar-refractivity contribution in [1.29, 1.82) is 0 Å². The van der Waals surface area contributed by atoms with E-state index in [0.717, 1.165) is 42.5 Å². The third-order valence-electron chi connectivity index (χ3n) is 7.44. The van der Waals surface area contributed by atoms with Crippen LogP contribution in [-0.4, -0.2) is 60.5 Å². The molecule has 0 radical (unpaired) electrons. The first-order valence-corrected chi connectivity index (χ1v) is 15.5. The molecule has 0 heterocycles. The fourth-order valence-electron chi connectivity index (χ4n) is 5.17. The number of hydrogen-bond donors (Lipinski definition) is 2. The number of carbonyl (C=O) groups is 2. The van der Waals surface area contributed by atoms with Crippen LogP contribution in [0.5, 0.6) is 5.75 Å². The van der Waals surface area contributed by atoms with Gasteiger partial charge in [0.05, 0.1) is 25.9 Å². The molecule has 4 rings (SSSR count). The molecule has 236 valence electrons. The molecule has 3 aromatic rings. The molecule has 0 unspecified atom stereocenters. The zero-order valence-electron chi connectivity index (χ0n) is 26.0. The number of benzene rings is 3. The number of ether oxygens (including phenoxy) is 3. The standard InChI is InChI=1S/C35H43ClN2O6/c1-35(2,3)44-34(41)38(23-31(39)26-9-8-10-27(36)21-26)20-19-37-28-16-13-24(14-17-28)25-15-18-30(33(40)42-4)32(22-25)43-29-11-6-5-7-12-29/h8-10,13-18,21-22,29,31,37,39H,5-7,11-12,19-20,23H2,1-4H3/t31-/m0/s1. The Morgan fingerprint density at radius 1 is 1.00 bits per heavy atom. The van der Waals surface area contributed by atoms with Crippen LogP contribution in [0.3, 0.4) is 0 Å². The zero-order valence-corrected chi connectivity index (χ0v) is 26.7. The first-order chi connectivity index (χ1) is 21.0.